The highest BCUT2D eigenvalue weighted by atomic mass is 16.4. The van der Waals surface area contributed by atoms with Crippen molar-refractivity contribution < 1.29 is 9.90 Å². The highest BCUT2D eigenvalue weighted by Crippen LogP contribution is 2.17. The monoisotopic (exact) mass is 265 g/mol. The third kappa shape index (κ3) is 4.89. The number of nitrogens with zero attached hydrogens (tertiary/aromatic N) is 1. The molecule has 1 atom stereocenters. The average Bonchev–Trinajstić information content (AvgIpc) is 2.39. The minimum absolute atomic E-state index is 0.366. The Balaban J connectivity index is 2.71. The van der Waals surface area contributed by atoms with Gasteiger partial charge in [0.1, 0.15) is 0 Å². The maximum absolute atomic E-state index is 10.8. The molecule has 5 nitrogen and oxygen atoms in total. The summed E-state index contributed by atoms with van der Waals surface area (Å²) in [6.45, 7) is 4.41. The summed E-state index contributed by atoms with van der Waals surface area (Å²) in [5, 5.41) is 8.89. The van der Waals surface area contributed by atoms with Crippen molar-refractivity contribution in [2.24, 2.45) is 17.4 Å². The summed E-state index contributed by atoms with van der Waals surface area (Å²) in [7, 11) is 0. The van der Waals surface area contributed by atoms with E-state index in [0.717, 1.165) is 24.3 Å². The van der Waals surface area contributed by atoms with Crippen LogP contribution in [0, 0.1) is 5.92 Å². The fourth-order valence-corrected chi connectivity index (χ4v) is 1.97. The van der Waals surface area contributed by atoms with Gasteiger partial charge in [-0.3, -0.25) is 4.79 Å². The number of carbonyl (C=O) groups is 1. The van der Waals surface area contributed by atoms with E-state index in [1.54, 1.807) is 6.92 Å². The minimum atomic E-state index is -0.767. The van der Waals surface area contributed by atoms with Gasteiger partial charge in [0.15, 0.2) is 0 Å². The van der Waals surface area contributed by atoms with Crippen LogP contribution in [0.5, 0.6) is 0 Å². The van der Waals surface area contributed by atoms with E-state index in [0.29, 0.717) is 19.5 Å². The van der Waals surface area contributed by atoms with Gasteiger partial charge in [0.05, 0.1) is 5.92 Å². The van der Waals surface area contributed by atoms with Crippen molar-refractivity contribution in [2.45, 2.75) is 13.3 Å². The fraction of sp³-hybridized carbons (Fsp3) is 0.500. The smallest absolute Gasteiger partial charge is 0.306 e. The molecule has 5 heteroatoms. The molecule has 0 fully saturated rings. The van der Waals surface area contributed by atoms with Gasteiger partial charge in [0.25, 0.3) is 0 Å². The van der Waals surface area contributed by atoms with Crippen LogP contribution in [0.25, 0.3) is 0 Å². The molecule has 0 heterocycles. The van der Waals surface area contributed by atoms with E-state index in [1.165, 1.54) is 0 Å². The molecule has 0 saturated heterocycles. The molecule has 0 aromatic heterocycles. The molecule has 1 aromatic carbocycles. The second-order valence-corrected chi connectivity index (χ2v) is 4.67. The number of carboxylic acids is 1. The number of carboxylic acid groups (broad SMARTS) is 1. The number of anilines is 1. The average molecular weight is 265 g/mol. The second-order valence-electron chi connectivity index (χ2n) is 4.67. The zero-order chi connectivity index (χ0) is 14.3. The Morgan fingerprint density at radius 1 is 1.21 bits per heavy atom. The van der Waals surface area contributed by atoms with Gasteiger partial charge in [-0.05, 0) is 24.1 Å². The normalized spacial score (nSPS) is 12.2. The molecule has 106 valence electrons. The molecule has 0 amide bonds. The first-order valence-electron chi connectivity index (χ1n) is 6.55. The molecule has 19 heavy (non-hydrogen) atoms. The van der Waals surface area contributed by atoms with Gasteiger partial charge in [0.2, 0.25) is 0 Å². The summed E-state index contributed by atoms with van der Waals surface area (Å²) < 4.78 is 0. The Labute approximate surface area is 114 Å². The molecule has 0 bridgehead atoms. The van der Waals surface area contributed by atoms with Gasteiger partial charge in [0, 0.05) is 31.9 Å². The van der Waals surface area contributed by atoms with Crippen molar-refractivity contribution in [2.75, 3.05) is 31.1 Å². The molecule has 0 radical (unpaired) electrons. The Morgan fingerprint density at radius 2 is 1.74 bits per heavy atom. The van der Waals surface area contributed by atoms with Crippen LogP contribution < -0.4 is 16.4 Å². The van der Waals surface area contributed by atoms with Gasteiger partial charge in [-0.2, -0.15) is 0 Å². The minimum Gasteiger partial charge on any atom is -0.481 e. The highest BCUT2D eigenvalue weighted by Gasteiger charge is 2.12. The van der Waals surface area contributed by atoms with Crippen LogP contribution in [0.3, 0.4) is 0 Å². The zero-order valence-corrected chi connectivity index (χ0v) is 11.4. The van der Waals surface area contributed by atoms with Crippen molar-refractivity contribution in [3.63, 3.8) is 0 Å². The predicted molar refractivity (Wildman–Crippen MR) is 77.3 cm³/mol. The summed E-state index contributed by atoms with van der Waals surface area (Å²) in [6, 6.07) is 7.92. The Hall–Kier alpha value is -1.59. The first kappa shape index (κ1) is 15.5. The van der Waals surface area contributed by atoms with Gasteiger partial charge < -0.3 is 21.5 Å². The summed E-state index contributed by atoms with van der Waals surface area (Å²) in [6.07, 6.45) is 0.545. The molecular weight excluding hydrogens is 242 g/mol. The van der Waals surface area contributed by atoms with E-state index in [-0.39, 0.29) is 5.92 Å². The van der Waals surface area contributed by atoms with E-state index in [2.05, 4.69) is 4.90 Å². The lowest BCUT2D eigenvalue weighted by atomic mass is 10.0. The predicted octanol–water partition coefficient (Wildman–Crippen LogP) is 0.674. The lowest BCUT2D eigenvalue weighted by Crippen LogP contribution is -2.33. The summed E-state index contributed by atoms with van der Waals surface area (Å²) in [5.74, 6) is -1.13. The third-order valence-corrected chi connectivity index (χ3v) is 3.06. The van der Waals surface area contributed by atoms with Crippen molar-refractivity contribution in [1.29, 1.82) is 0 Å². The van der Waals surface area contributed by atoms with Crippen molar-refractivity contribution in [1.82, 2.24) is 0 Å². The van der Waals surface area contributed by atoms with E-state index in [4.69, 9.17) is 16.6 Å². The largest absolute Gasteiger partial charge is 0.481 e. The Bertz CT molecular complexity index is 386. The van der Waals surface area contributed by atoms with Gasteiger partial charge >= 0.3 is 5.97 Å². The lowest BCUT2D eigenvalue weighted by molar-refractivity contribution is -0.141. The lowest BCUT2D eigenvalue weighted by Gasteiger charge is -2.23. The van der Waals surface area contributed by atoms with Gasteiger partial charge in [-0.1, -0.05) is 19.1 Å². The number of hydrogen-bond donors (Lipinski definition) is 3. The van der Waals surface area contributed by atoms with Gasteiger partial charge in [-0.15, -0.1) is 0 Å². The zero-order valence-electron chi connectivity index (χ0n) is 11.4. The molecule has 0 spiro atoms. The first-order valence-corrected chi connectivity index (χ1v) is 6.55. The quantitative estimate of drug-likeness (QED) is 0.642. The van der Waals surface area contributed by atoms with Crippen LogP contribution in [0.1, 0.15) is 12.5 Å². The highest BCUT2D eigenvalue weighted by molar-refractivity contribution is 5.70. The third-order valence-electron chi connectivity index (χ3n) is 3.06. The number of hydrogen-bond acceptors (Lipinski definition) is 4. The first-order chi connectivity index (χ1) is 9.08. The molecule has 1 unspecified atom stereocenters. The van der Waals surface area contributed by atoms with E-state index in [1.807, 2.05) is 24.3 Å². The molecule has 5 N–H and O–H groups in total. The number of benzene rings is 1. The molecule has 1 aromatic rings. The van der Waals surface area contributed by atoms with Crippen molar-refractivity contribution in [3.8, 4) is 0 Å². The molecule has 0 aliphatic carbocycles. The molecular formula is C14H23N3O2. The Morgan fingerprint density at radius 3 is 2.16 bits per heavy atom. The molecule has 0 aliphatic rings. The number of nitrogens with two attached hydrogens (primary N) is 2. The SMILES string of the molecule is CC(Cc1ccc(N(CCN)CCN)cc1)C(=O)O. The standard InChI is InChI=1S/C14H23N3O2/c1-11(14(18)19)10-12-2-4-13(5-3-12)17(8-6-15)9-7-16/h2-5,11H,6-10,15-16H2,1H3,(H,18,19). The summed E-state index contributed by atoms with van der Waals surface area (Å²) in [4.78, 5) is 12.9. The van der Waals surface area contributed by atoms with E-state index < -0.39 is 5.97 Å². The fourth-order valence-electron chi connectivity index (χ4n) is 1.97. The second kappa shape index (κ2) is 7.76. The van der Waals surface area contributed by atoms with Crippen LogP contribution in [-0.4, -0.2) is 37.3 Å². The van der Waals surface area contributed by atoms with Crippen LogP contribution in [0.15, 0.2) is 24.3 Å². The molecule has 1 rings (SSSR count). The van der Waals surface area contributed by atoms with Crippen LogP contribution >= 0.6 is 0 Å². The number of rotatable bonds is 8. The van der Waals surface area contributed by atoms with Crippen LogP contribution in [0.2, 0.25) is 0 Å². The number of aliphatic carboxylic acids is 1. The maximum Gasteiger partial charge on any atom is 0.306 e. The van der Waals surface area contributed by atoms with Crippen LogP contribution in [-0.2, 0) is 11.2 Å². The summed E-state index contributed by atoms with van der Waals surface area (Å²) >= 11 is 0. The van der Waals surface area contributed by atoms with Crippen molar-refractivity contribution >= 4 is 11.7 Å². The van der Waals surface area contributed by atoms with Gasteiger partial charge in [-0.25, -0.2) is 0 Å². The van der Waals surface area contributed by atoms with E-state index in [9.17, 15) is 4.79 Å². The van der Waals surface area contributed by atoms with Crippen molar-refractivity contribution in [3.05, 3.63) is 29.8 Å². The topological polar surface area (TPSA) is 92.6 Å². The summed E-state index contributed by atoms with van der Waals surface area (Å²) in [5.41, 5.74) is 13.3. The maximum atomic E-state index is 10.8. The van der Waals surface area contributed by atoms with Crippen LogP contribution in [0.4, 0.5) is 5.69 Å². The Kier molecular flexibility index (Phi) is 6.32. The van der Waals surface area contributed by atoms with E-state index >= 15 is 0 Å². The molecule has 0 aliphatic heterocycles. The molecule has 0 saturated carbocycles.